The minimum Gasteiger partial charge on any atom is -0.393 e. The van der Waals surface area contributed by atoms with Crippen molar-refractivity contribution < 1.29 is 0 Å². The van der Waals surface area contributed by atoms with E-state index in [9.17, 15) is 0 Å². The first-order valence-electron chi connectivity index (χ1n) is 13.9. The quantitative estimate of drug-likeness (QED) is 0.295. The van der Waals surface area contributed by atoms with Gasteiger partial charge in [0, 0.05) is 37.1 Å². The van der Waals surface area contributed by atoms with Crippen LogP contribution in [-0.4, -0.2) is 34.8 Å². The zero-order valence-corrected chi connectivity index (χ0v) is 24.6. The van der Waals surface area contributed by atoms with Crippen molar-refractivity contribution in [2.24, 2.45) is 4.99 Å². The molecular formula is C31H45N5S. The first-order valence-corrected chi connectivity index (χ1v) is 14.7. The molecule has 200 valence electrons. The van der Waals surface area contributed by atoms with Crippen LogP contribution in [0.15, 0.2) is 36.6 Å². The Morgan fingerprint density at radius 3 is 2.35 bits per heavy atom. The van der Waals surface area contributed by atoms with E-state index in [4.69, 9.17) is 15.0 Å². The summed E-state index contributed by atoms with van der Waals surface area (Å²) in [5, 5.41) is 5.21. The number of nitrogens with zero attached hydrogens (tertiary/aromatic N) is 4. The van der Waals surface area contributed by atoms with Gasteiger partial charge in [-0.2, -0.15) is 0 Å². The van der Waals surface area contributed by atoms with Crippen molar-refractivity contribution in [2.45, 2.75) is 91.5 Å². The molecule has 1 saturated heterocycles. The second kappa shape index (κ2) is 13.2. The number of rotatable bonds is 7. The highest BCUT2D eigenvalue weighted by molar-refractivity contribution is 7.19. The molecule has 1 N–H and O–H groups in total. The lowest BCUT2D eigenvalue weighted by Crippen LogP contribution is -2.60. The molecule has 0 aromatic carbocycles. The Morgan fingerprint density at radius 1 is 1.11 bits per heavy atom. The maximum Gasteiger partial charge on any atom is 0.188 e. The van der Waals surface area contributed by atoms with Gasteiger partial charge >= 0.3 is 0 Å². The van der Waals surface area contributed by atoms with Crippen molar-refractivity contribution in [3.63, 3.8) is 0 Å². The predicted octanol–water partition coefficient (Wildman–Crippen LogP) is 8.40. The third-order valence-corrected chi connectivity index (χ3v) is 8.74. The molecule has 6 heteroatoms. The fraction of sp³-hybridized carbons (Fsp3) is 0.516. The molecule has 1 spiro atoms. The number of anilines is 1. The van der Waals surface area contributed by atoms with E-state index in [1.165, 1.54) is 51.4 Å². The van der Waals surface area contributed by atoms with Crippen LogP contribution < -0.4 is 10.2 Å². The molecule has 2 aliphatic rings. The average Bonchev–Trinajstić information content (AvgIpc) is 3.21. The Bertz CT molecular complexity index is 1150. The number of allylic oxidation sites excluding steroid dienone is 2. The first-order chi connectivity index (χ1) is 17.9. The molecule has 2 aromatic heterocycles. The Hall–Kier alpha value is -2.73. The van der Waals surface area contributed by atoms with Gasteiger partial charge in [-0.05, 0) is 56.7 Å². The highest BCUT2D eigenvalue weighted by atomic mass is 32.1. The summed E-state index contributed by atoms with van der Waals surface area (Å²) in [5.74, 6) is 0. The number of thiazole rings is 1. The summed E-state index contributed by atoms with van der Waals surface area (Å²) in [6.07, 6.45) is 18.3. The lowest BCUT2D eigenvalue weighted by atomic mass is 9.75. The summed E-state index contributed by atoms with van der Waals surface area (Å²) in [4.78, 5) is 17.4. The summed E-state index contributed by atoms with van der Waals surface area (Å²) >= 11 is 1.73. The van der Waals surface area contributed by atoms with Crippen LogP contribution in [0.4, 0.5) is 10.1 Å². The van der Waals surface area contributed by atoms with Crippen LogP contribution in [0, 0.1) is 13.8 Å². The number of hydrogen-bond acceptors (Lipinski definition) is 6. The summed E-state index contributed by atoms with van der Waals surface area (Å²) in [6, 6.07) is 0. The summed E-state index contributed by atoms with van der Waals surface area (Å²) < 4.78 is 0. The summed E-state index contributed by atoms with van der Waals surface area (Å²) in [5.41, 5.74) is 7.25. The Balaban J connectivity index is 0.00000186. The zero-order valence-electron chi connectivity index (χ0n) is 23.8. The molecule has 1 saturated carbocycles. The smallest absolute Gasteiger partial charge is 0.188 e. The van der Waals surface area contributed by atoms with Gasteiger partial charge < -0.3 is 10.2 Å². The van der Waals surface area contributed by atoms with Gasteiger partial charge in [0.2, 0.25) is 0 Å². The van der Waals surface area contributed by atoms with Gasteiger partial charge in [0.15, 0.2) is 5.13 Å². The number of aliphatic imine (C=N–C) groups is 1. The lowest BCUT2D eigenvalue weighted by Gasteiger charge is -2.54. The van der Waals surface area contributed by atoms with Crippen molar-refractivity contribution in [2.75, 3.05) is 18.5 Å². The topological polar surface area (TPSA) is 53.4 Å². The minimum atomic E-state index is 0.331. The van der Waals surface area contributed by atoms with E-state index in [0.29, 0.717) is 5.54 Å². The molecule has 0 radical (unpaired) electrons. The molecule has 37 heavy (non-hydrogen) atoms. The van der Waals surface area contributed by atoms with Crippen LogP contribution in [0.5, 0.6) is 0 Å². The molecule has 2 fully saturated rings. The normalized spacial score (nSPS) is 17.7. The highest BCUT2D eigenvalue weighted by Crippen LogP contribution is 2.47. The van der Waals surface area contributed by atoms with Crippen molar-refractivity contribution in [3.05, 3.63) is 59.7 Å². The molecule has 0 unspecified atom stereocenters. The van der Waals surface area contributed by atoms with E-state index < -0.39 is 0 Å². The number of hydrogen-bond donors (Lipinski definition) is 1. The number of nitrogens with one attached hydrogen (secondary N) is 1. The van der Waals surface area contributed by atoms with E-state index >= 15 is 0 Å². The van der Waals surface area contributed by atoms with Gasteiger partial charge in [0.05, 0.1) is 17.1 Å². The van der Waals surface area contributed by atoms with Crippen LogP contribution in [0.25, 0.3) is 11.6 Å². The summed E-state index contributed by atoms with van der Waals surface area (Å²) in [6.45, 7) is 19.3. The van der Waals surface area contributed by atoms with Crippen molar-refractivity contribution >= 4 is 38.8 Å². The van der Waals surface area contributed by atoms with Gasteiger partial charge in [-0.3, -0.25) is 4.98 Å². The fourth-order valence-corrected chi connectivity index (χ4v) is 6.73. The first kappa shape index (κ1) is 28.8. The maximum atomic E-state index is 5.03. The fourth-order valence-electron chi connectivity index (χ4n) is 5.61. The van der Waals surface area contributed by atoms with Gasteiger partial charge in [0.25, 0.3) is 0 Å². The van der Waals surface area contributed by atoms with Gasteiger partial charge in [-0.15, -0.1) is 0 Å². The van der Waals surface area contributed by atoms with E-state index in [1.54, 1.807) is 11.3 Å². The molecular weight excluding hydrogens is 474 g/mol. The second-order valence-electron chi connectivity index (χ2n) is 9.83. The van der Waals surface area contributed by atoms with Crippen LogP contribution in [0.1, 0.15) is 100 Å². The zero-order chi connectivity index (χ0) is 27.0. The minimum absolute atomic E-state index is 0.331. The molecule has 1 aliphatic heterocycles. The Labute approximate surface area is 228 Å². The van der Waals surface area contributed by atoms with Gasteiger partial charge in [-0.1, -0.05) is 82.6 Å². The molecule has 0 amide bonds. The molecule has 4 rings (SSSR count). The number of pyridine rings is 1. The van der Waals surface area contributed by atoms with Crippen LogP contribution in [0.3, 0.4) is 0 Å². The molecule has 0 bridgehead atoms. The van der Waals surface area contributed by atoms with E-state index in [2.05, 4.69) is 37.2 Å². The molecule has 5 nitrogen and oxygen atoms in total. The van der Waals surface area contributed by atoms with Crippen molar-refractivity contribution in [3.8, 4) is 0 Å². The molecule has 1 aliphatic carbocycles. The number of aromatic nitrogens is 2. The second-order valence-corrected chi connectivity index (χ2v) is 10.8. The monoisotopic (exact) mass is 519 g/mol. The van der Waals surface area contributed by atoms with Gasteiger partial charge in [0.1, 0.15) is 5.00 Å². The summed E-state index contributed by atoms with van der Waals surface area (Å²) in [7, 11) is 1.88. The molecule has 3 heterocycles. The number of aryl methyl sites for hydroxylation is 1. The molecule has 0 atom stereocenters. The maximum absolute atomic E-state index is 5.03. The molecule has 2 aromatic rings. The third kappa shape index (κ3) is 6.06. The highest BCUT2D eigenvalue weighted by Gasteiger charge is 2.45. The Kier molecular flexibility index (Phi) is 10.3. The lowest BCUT2D eigenvalue weighted by molar-refractivity contribution is 0.211. The van der Waals surface area contributed by atoms with Crippen LogP contribution in [0.2, 0.25) is 0 Å². The largest absolute Gasteiger partial charge is 0.393 e. The standard InChI is InChI=1S/C29H39N5S.C2H6/c1-7-23(18-30-6)25-19-31-26(20(3)24(25)8-2)21(4)32-27-22(5)33-28(35-27)34-17-16-29(34)14-12-10-9-11-13-15-29;1-2/h7-8,18-19,30H,1-2,9-17H2,3-6H3;1-2H3/b23-18+,32-21+;. The van der Waals surface area contributed by atoms with E-state index in [0.717, 1.165) is 56.0 Å². The van der Waals surface area contributed by atoms with Gasteiger partial charge in [-0.25, -0.2) is 9.98 Å². The van der Waals surface area contributed by atoms with Crippen LogP contribution >= 0.6 is 11.3 Å². The SMILES string of the molecule is C=C/C(=C\NC)c1cnc(/C(C)=N/c2sc(N3CCC34CCCCCCC4)nc2C)c(C)c1C=C.CC. The van der Waals surface area contributed by atoms with E-state index in [1.807, 2.05) is 52.4 Å². The van der Waals surface area contributed by atoms with Crippen LogP contribution in [-0.2, 0) is 0 Å². The Morgan fingerprint density at radius 2 is 1.78 bits per heavy atom. The van der Waals surface area contributed by atoms with Crippen molar-refractivity contribution in [1.82, 2.24) is 15.3 Å². The van der Waals surface area contributed by atoms with E-state index in [-0.39, 0.29) is 0 Å². The van der Waals surface area contributed by atoms with Crippen molar-refractivity contribution in [1.29, 1.82) is 0 Å². The predicted molar refractivity (Wildman–Crippen MR) is 163 cm³/mol. The third-order valence-electron chi connectivity index (χ3n) is 7.67. The average molecular weight is 520 g/mol.